The zero-order valence-electron chi connectivity index (χ0n) is 12.1. The van der Waals surface area contributed by atoms with Gasteiger partial charge in [0.25, 0.3) is 5.91 Å². The van der Waals surface area contributed by atoms with Crippen LogP contribution in [0.1, 0.15) is 37.5 Å². The fraction of sp³-hybridized carbons (Fsp3) is 0.250. The van der Waals surface area contributed by atoms with Crippen LogP contribution in [0.4, 0.5) is 0 Å². The highest BCUT2D eigenvalue weighted by molar-refractivity contribution is 5.95. The fourth-order valence-electron chi connectivity index (χ4n) is 2.63. The van der Waals surface area contributed by atoms with Crippen LogP contribution in [0.2, 0.25) is 0 Å². The molecule has 6 nitrogen and oxygen atoms in total. The summed E-state index contributed by atoms with van der Waals surface area (Å²) in [6.45, 7) is 2.78. The number of fused-ring (bicyclic) bond motifs is 1. The van der Waals surface area contributed by atoms with Crippen LogP contribution in [-0.2, 0) is 13.0 Å². The third-order valence-corrected chi connectivity index (χ3v) is 3.89. The number of aromatic carboxylic acids is 1. The molecule has 1 N–H and O–H groups in total. The first kappa shape index (κ1) is 14.2. The molecule has 3 rings (SSSR count). The van der Waals surface area contributed by atoms with Crippen molar-refractivity contribution in [3.63, 3.8) is 0 Å². The highest BCUT2D eigenvalue weighted by atomic mass is 16.4. The van der Waals surface area contributed by atoms with Gasteiger partial charge in [0.1, 0.15) is 6.33 Å². The van der Waals surface area contributed by atoms with Gasteiger partial charge in [-0.15, -0.1) is 0 Å². The minimum Gasteiger partial charge on any atom is -0.478 e. The molecule has 112 valence electrons. The number of aromatic nitrogens is 2. The minimum absolute atomic E-state index is 0.121. The van der Waals surface area contributed by atoms with Crippen molar-refractivity contribution in [1.82, 2.24) is 14.9 Å². The smallest absolute Gasteiger partial charge is 0.335 e. The first-order valence-corrected chi connectivity index (χ1v) is 6.97. The molecule has 22 heavy (non-hydrogen) atoms. The average Bonchev–Trinajstić information content (AvgIpc) is 2.53. The summed E-state index contributed by atoms with van der Waals surface area (Å²) in [6, 6.07) is 5.08. The normalized spacial score (nSPS) is 13.6. The van der Waals surface area contributed by atoms with Gasteiger partial charge in [-0.05, 0) is 36.6 Å². The molecule has 0 bridgehead atoms. The Balaban J connectivity index is 1.87. The van der Waals surface area contributed by atoms with Gasteiger partial charge in [-0.3, -0.25) is 4.79 Å². The predicted octanol–water partition coefficient (Wildman–Crippen LogP) is 1.68. The van der Waals surface area contributed by atoms with E-state index in [2.05, 4.69) is 9.97 Å². The van der Waals surface area contributed by atoms with E-state index in [0.717, 1.165) is 11.1 Å². The maximum atomic E-state index is 12.6. The molecule has 0 fully saturated rings. The van der Waals surface area contributed by atoms with Crippen molar-refractivity contribution in [3.8, 4) is 0 Å². The van der Waals surface area contributed by atoms with Gasteiger partial charge in [0.2, 0.25) is 0 Å². The number of nitrogens with zero attached hydrogens (tertiary/aromatic N) is 3. The zero-order valence-corrected chi connectivity index (χ0v) is 12.1. The third kappa shape index (κ3) is 2.55. The molecule has 0 aliphatic carbocycles. The molecule has 1 aliphatic rings. The van der Waals surface area contributed by atoms with Crippen LogP contribution < -0.4 is 0 Å². The maximum Gasteiger partial charge on any atom is 0.335 e. The molecule has 0 saturated heterocycles. The van der Waals surface area contributed by atoms with Gasteiger partial charge >= 0.3 is 5.97 Å². The van der Waals surface area contributed by atoms with E-state index < -0.39 is 5.97 Å². The summed E-state index contributed by atoms with van der Waals surface area (Å²) in [5.41, 5.74) is 3.35. The molecule has 1 aliphatic heterocycles. The van der Waals surface area contributed by atoms with Crippen molar-refractivity contribution >= 4 is 11.9 Å². The molecule has 0 unspecified atom stereocenters. The lowest BCUT2D eigenvalue weighted by molar-refractivity contribution is 0.0696. The summed E-state index contributed by atoms with van der Waals surface area (Å²) in [7, 11) is 0. The molecular weight excluding hydrogens is 282 g/mol. The van der Waals surface area contributed by atoms with Crippen molar-refractivity contribution < 1.29 is 14.7 Å². The van der Waals surface area contributed by atoms with Gasteiger partial charge < -0.3 is 10.0 Å². The largest absolute Gasteiger partial charge is 0.478 e. The summed E-state index contributed by atoms with van der Waals surface area (Å²) in [4.78, 5) is 33.3. The van der Waals surface area contributed by atoms with Crippen molar-refractivity contribution in [2.24, 2.45) is 0 Å². The van der Waals surface area contributed by atoms with Crippen LogP contribution in [0.3, 0.4) is 0 Å². The van der Waals surface area contributed by atoms with Gasteiger partial charge in [0.05, 0.1) is 16.8 Å². The topological polar surface area (TPSA) is 83.4 Å². The third-order valence-electron chi connectivity index (χ3n) is 3.89. The van der Waals surface area contributed by atoms with E-state index in [9.17, 15) is 9.59 Å². The number of hydrogen-bond acceptors (Lipinski definition) is 4. The first-order valence-electron chi connectivity index (χ1n) is 6.97. The van der Waals surface area contributed by atoms with Crippen LogP contribution in [-0.4, -0.2) is 38.4 Å². The molecule has 2 aromatic rings. The maximum absolute atomic E-state index is 12.6. The second kappa shape index (κ2) is 5.55. The van der Waals surface area contributed by atoms with Crippen molar-refractivity contribution in [2.45, 2.75) is 19.9 Å². The zero-order chi connectivity index (χ0) is 15.7. The Hall–Kier alpha value is -2.76. The molecule has 6 heteroatoms. The van der Waals surface area contributed by atoms with E-state index >= 15 is 0 Å². The van der Waals surface area contributed by atoms with Gasteiger partial charge in [0.15, 0.2) is 0 Å². The van der Waals surface area contributed by atoms with Crippen molar-refractivity contribution in [3.05, 3.63) is 58.7 Å². The molecule has 0 atom stereocenters. The number of hydrogen-bond donors (Lipinski definition) is 1. The van der Waals surface area contributed by atoms with Crippen LogP contribution >= 0.6 is 0 Å². The Labute approximate surface area is 127 Å². The quantitative estimate of drug-likeness (QED) is 0.911. The number of amides is 1. The van der Waals surface area contributed by atoms with Crippen LogP contribution in [0.15, 0.2) is 30.7 Å². The molecule has 2 heterocycles. The standard InChI is InChI=1S/C16H15N3O3/c1-10-14(7-17-9-18-10)15(20)19-5-4-11-2-3-12(16(21)22)6-13(11)8-19/h2-3,6-7,9H,4-5,8H2,1H3,(H,21,22). The Morgan fingerprint density at radius 2 is 2.09 bits per heavy atom. The Bertz CT molecular complexity index is 758. The average molecular weight is 297 g/mol. The number of carboxylic acids is 1. The van der Waals surface area contributed by atoms with Crippen LogP contribution in [0.25, 0.3) is 0 Å². The summed E-state index contributed by atoms with van der Waals surface area (Å²) in [6.07, 6.45) is 3.65. The van der Waals surface area contributed by atoms with Crippen molar-refractivity contribution in [2.75, 3.05) is 6.54 Å². The molecule has 1 aromatic carbocycles. The van der Waals surface area contributed by atoms with Crippen LogP contribution in [0, 0.1) is 6.92 Å². The van der Waals surface area contributed by atoms with Gasteiger partial charge in [0, 0.05) is 19.3 Å². The van der Waals surface area contributed by atoms with Gasteiger partial charge in [-0.2, -0.15) is 0 Å². The lowest BCUT2D eigenvalue weighted by Crippen LogP contribution is -2.36. The molecule has 0 spiro atoms. The van der Waals surface area contributed by atoms with E-state index in [0.29, 0.717) is 30.8 Å². The molecule has 0 saturated carbocycles. The Morgan fingerprint density at radius 1 is 1.27 bits per heavy atom. The number of carbonyl (C=O) groups is 2. The summed E-state index contributed by atoms with van der Waals surface area (Å²) in [5.74, 6) is -1.08. The number of carbonyl (C=O) groups excluding carboxylic acids is 1. The summed E-state index contributed by atoms with van der Waals surface area (Å²) >= 11 is 0. The highest BCUT2D eigenvalue weighted by Crippen LogP contribution is 2.22. The minimum atomic E-state index is -0.960. The van der Waals surface area contributed by atoms with Crippen LogP contribution in [0.5, 0.6) is 0 Å². The summed E-state index contributed by atoms with van der Waals surface area (Å²) < 4.78 is 0. The first-order chi connectivity index (χ1) is 10.6. The Kier molecular flexibility index (Phi) is 3.58. The lowest BCUT2D eigenvalue weighted by atomic mass is 9.97. The predicted molar refractivity (Wildman–Crippen MR) is 78.6 cm³/mol. The Morgan fingerprint density at radius 3 is 2.82 bits per heavy atom. The number of carboxylic acid groups (broad SMARTS) is 1. The molecular formula is C16H15N3O3. The number of benzene rings is 1. The molecule has 0 radical (unpaired) electrons. The number of aryl methyl sites for hydroxylation is 1. The molecule has 1 amide bonds. The molecule has 1 aromatic heterocycles. The second-order valence-electron chi connectivity index (χ2n) is 5.29. The van der Waals surface area contributed by atoms with E-state index in [-0.39, 0.29) is 11.5 Å². The van der Waals surface area contributed by atoms with E-state index in [1.807, 2.05) is 6.07 Å². The monoisotopic (exact) mass is 297 g/mol. The van der Waals surface area contributed by atoms with Crippen molar-refractivity contribution in [1.29, 1.82) is 0 Å². The summed E-state index contributed by atoms with van der Waals surface area (Å²) in [5, 5.41) is 9.08. The second-order valence-corrected chi connectivity index (χ2v) is 5.29. The van der Waals surface area contributed by atoms with Gasteiger partial charge in [-0.1, -0.05) is 6.07 Å². The fourth-order valence-corrected chi connectivity index (χ4v) is 2.63. The van der Waals surface area contributed by atoms with Gasteiger partial charge in [-0.25, -0.2) is 14.8 Å². The lowest BCUT2D eigenvalue weighted by Gasteiger charge is -2.29. The van der Waals surface area contributed by atoms with E-state index in [1.165, 1.54) is 12.5 Å². The number of rotatable bonds is 2. The van der Waals surface area contributed by atoms with E-state index in [1.54, 1.807) is 24.0 Å². The van der Waals surface area contributed by atoms with E-state index in [4.69, 9.17) is 5.11 Å². The SMILES string of the molecule is Cc1ncncc1C(=O)N1CCc2ccc(C(=O)O)cc2C1. The highest BCUT2D eigenvalue weighted by Gasteiger charge is 2.24.